The Labute approximate surface area is 127 Å². The maximum Gasteiger partial charge on any atom is 0.0949 e. The fraction of sp³-hybridized carbons (Fsp3) is 0.211. The molecule has 0 unspecified atom stereocenters. The first kappa shape index (κ1) is 15.0. The molecule has 0 aliphatic heterocycles. The van der Waals surface area contributed by atoms with Crippen LogP contribution >= 0.6 is 0 Å². The molecule has 0 amide bonds. The predicted octanol–water partition coefficient (Wildman–Crippen LogP) is 4.55. The minimum atomic E-state index is 0.881. The van der Waals surface area contributed by atoms with Crippen LogP contribution in [0.5, 0.6) is 0 Å². The van der Waals surface area contributed by atoms with E-state index in [2.05, 4.69) is 58.1 Å². The minimum absolute atomic E-state index is 0.881. The molecule has 0 saturated carbocycles. The third-order valence-electron chi connectivity index (χ3n) is 3.18. The fourth-order valence-corrected chi connectivity index (χ4v) is 2.03. The second-order valence-electron chi connectivity index (χ2n) is 4.92. The Morgan fingerprint density at radius 1 is 1.00 bits per heavy atom. The van der Waals surface area contributed by atoms with E-state index in [1.165, 1.54) is 11.1 Å². The van der Waals surface area contributed by atoms with Crippen molar-refractivity contribution in [2.24, 2.45) is 0 Å². The van der Waals surface area contributed by atoms with Crippen molar-refractivity contribution in [2.75, 3.05) is 0 Å². The van der Waals surface area contributed by atoms with Crippen LogP contribution in [0.3, 0.4) is 0 Å². The average molecular weight is 278 g/mol. The monoisotopic (exact) mass is 278 g/mol. The number of nitrogens with zero attached hydrogens (tertiary/aromatic N) is 2. The summed E-state index contributed by atoms with van der Waals surface area (Å²) < 4.78 is 2.08. The van der Waals surface area contributed by atoms with Gasteiger partial charge in [-0.1, -0.05) is 60.7 Å². The molecule has 21 heavy (non-hydrogen) atoms. The van der Waals surface area contributed by atoms with Crippen molar-refractivity contribution < 1.29 is 0 Å². The molecule has 0 atom stereocenters. The quantitative estimate of drug-likeness (QED) is 0.536. The molecule has 0 aliphatic carbocycles. The van der Waals surface area contributed by atoms with Crippen molar-refractivity contribution in [3.05, 3.63) is 90.6 Å². The van der Waals surface area contributed by atoms with E-state index in [4.69, 9.17) is 0 Å². The SMILES string of the molecule is CC=CC=CC/C=C\Cc1ccc(Cn2ccnc2)cc1. The third-order valence-corrected chi connectivity index (χ3v) is 3.18. The molecule has 0 saturated heterocycles. The lowest BCUT2D eigenvalue weighted by Crippen LogP contribution is -1.96. The molecular formula is C19H22N2. The van der Waals surface area contributed by atoms with Gasteiger partial charge in [-0.05, 0) is 30.9 Å². The number of allylic oxidation sites excluding steroid dienone is 6. The van der Waals surface area contributed by atoms with E-state index in [1.807, 2.05) is 37.8 Å². The number of hydrogen-bond acceptors (Lipinski definition) is 1. The number of hydrogen-bond donors (Lipinski definition) is 0. The Bertz CT molecular complexity index is 587. The van der Waals surface area contributed by atoms with E-state index < -0.39 is 0 Å². The lowest BCUT2D eigenvalue weighted by molar-refractivity contribution is 0.797. The normalized spacial score (nSPS) is 12.0. The highest BCUT2D eigenvalue weighted by Gasteiger charge is 1.95. The molecule has 2 aromatic rings. The summed E-state index contributed by atoms with van der Waals surface area (Å²) in [6.07, 6.45) is 20.4. The lowest BCUT2D eigenvalue weighted by Gasteiger charge is -2.03. The van der Waals surface area contributed by atoms with Crippen molar-refractivity contribution in [2.45, 2.75) is 26.3 Å². The second kappa shape index (κ2) is 8.75. The zero-order valence-electron chi connectivity index (χ0n) is 12.5. The molecule has 1 heterocycles. The Morgan fingerprint density at radius 3 is 2.52 bits per heavy atom. The van der Waals surface area contributed by atoms with Gasteiger partial charge in [0.1, 0.15) is 0 Å². The molecule has 2 heteroatoms. The van der Waals surface area contributed by atoms with E-state index in [9.17, 15) is 0 Å². The van der Waals surface area contributed by atoms with Gasteiger partial charge in [-0.2, -0.15) is 0 Å². The van der Waals surface area contributed by atoms with Crippen LogP contribution in [-0.4, -0.2) is 9.55 Å². The Morgan fingerprint density at radius 2 is 1.81 bits per heavy atom. The van der Waals surface area contributed by atoms with Gasteiger partial charge >= 0.3 is 0 Å². The largest absolute Gasteiger partial charge is 0.333 e. The summed E-state index contributed by atoms with van der Waals surface area (Å²) in [4.78, 5) is 4.06. The van der Waals surface area contributed by atoms with Crippen LogP contribution < -0.4 is 0 Å². The summed E-state index contributed by atoms with van der Waals surface area (Å²) in [6, 6.07) is 8.78. The van der Waals surface area contributed by atoms with E-state index in [1.54, 1.807) is 0 Å². The summed E-state index contributed by atoms with van der Waals surface area (Å²) in [7, 11) is 0. The second-order valence-corrected chi connectivity index (χ2v) is 4.92. The predicted molar refractivity (Wildman–Crippen MR) is 89.2 cm³/mol. The van der Waals surface area contributed by atoms with E-state index >= 15 is 0 Å². The van der Waals surface area contributed by atoms with Gasteiger partial charge in [0.05, 0.1) is 6.33 Å². The first-order chi connectivity index (χ1) is 10.4. The van der Waals surface area contributed by atoms with Crippen LogP contribution in [-0.2, 0) is 13.0 Å². The van der Waals surface area contributed by atoms with Gasteiger partial charge in [0, 0.05) is 18.9 Å². The summed E-state index contributed by atoms with van der Waals surface area (Å²) >= 11 is 0. The van der Waals surface area contributed by atoms with Crippen LogP contribution in [0.25, 0.3) is 0 Å². The van der Waals surface area contributed by atoms with Gasteiger partial charge in [-0.15, -0.1) is 0 Å². The molecule has 0 spiro atoms. The topological polar surface area (TPSA) is 17.8 Å². The smallest absolute Gasteiger partial charge is 0.0949 e. The lowest BCUT2D eigenvalue weighted by atomic mass is 10.1. The maximum absolute atomic E-state index is 4.06. The van der Waals surface area contributed by atoms with Gasteiger partial charge in [-0.3, -0.25) is 0 Å². The van der Waals surface area contributed by atoms with Gasteiger partial charge in [0.2, 0.25) is 0 Å². The minimum Gasteiger partial charge on any atom is -0.333 e. The highest BCUT2D eigenvalue weighted by molar-refractivity contribution is 5.24. The summed E-state index contributed by atoms with van der Waals surface area (Å²) in [6.45, 7) is 2.91. The highest BCUT2D eigenvalue weighted by atomic mass is 15.0. The Balaban J connectivity index is 1.78. The molecule has 1 aromatic heterocycles. The molecule has 0 N–H and O–H groups in total. The van der Waals surface area contributed by atoms with Crippen molar-refractivity contribution in [1.82, 2.24) is 9.55 Å². The van der Waals surface area contributed by atoms with Crippen LogP contribution in [0.4, 0.5) is 0 Å². The fourth-order valence-electron chi connectivity index (χ4n) is 2.03. The van der Waals surface area contributed by atoms with Crippen LogP contribution in [0, 0.1) is 0 Å². The number of imidazole rings is 1. The first-order valence-electron chi connectivity index (χ1n) is 7.35. The first-order valence-corrected chi connectivity index (χ1v) is 7.35. The van der Waals surface area contributed by atoms with E-state index in [0.29, 0.717) is 0 Å². The van der Waals surface area contributed by atoms with Crippen LogP contribution in [0.15, 0.2) is 79.4 Å². The summed E-state index contributed by atoms with van der Waals surface area (Å²) in [5.74, 6) is 0. The number of aromatic nitrogens is 2. The molecule has 0 radical (unpaired) electrons. The number of rotatable bonds is 7. The van der Waals surface area contributed by atoms with E-state index in [-0.39, 0.29) is 0 Å². The van der Waals surface area contributed by atoms with Gasteiger partial charge in [-0.25, -0.2) is 4.98 Å². The van der Waals surface area contributed by atoms with E-state index in [0.717, 1.165) is 19.4 Å². The van der Waals surface area contributed by atoms with Crippen molar-refractivity contribution >= 4 is 0 Å². The number of benzene rings is 1. The molecule has 2 nitrogen and oxygen atoms in total. The molecule has 0 fully saturated rings. The molecule has 2 rings (SSSR count). The van der Waals surface area contributed by atoms with Crippen molar-refractivity contribution in [3.63, 3.8) is 0 Å². The summed E-state index contributed by atoms with van der Waals surface area (Å²) in [5.41, 5.74) is 2.65. The maximum atomic E-state index is 4.06. The zero-order chi connectivity index (χ0) is 14.8. The molecule has 1 aromatic carbocycles. The van der Waals surface area contributed by atoms with Crippen molar-refractivity contribution in [1.29, 1.82) is 0 Å². The zero-order valence-corrected chi connectivity index (χ0v) is 12.5. The van der Waals surface area contributed by atoms with Gasteiger partial charge in [0.25, 0.3) is 0 Å². The molecule has 0 bridgehead atoms. The standard InChI is InChI=1S/C19H22N2/c1-2-3-4-5-6-7-8-9-18-10-12-19(13-11-18)16-21-15-14-20-17-21/h2-5,7-8,10-15,17H,6,9,16H2,1H3/b3-2?,5-4?,8-7-. The van der Waals surface area contributed by atoms with Crippen LogP contribution in [0.1, 0.15) is 24.5 Å². The average Bonchev–Trinajstić information content (AvgIpc) is 3.01. The van der Waals surface area contributed by atoms with Crippen LogP contribution in [0.2, 0.25) is 0 Å². The third kappa shape index (κ3) is 5.65. The summed E-state index contributed by atoms with van der Waals surface area (Å²) in [5, 5.41) is 0. The molecular weight excluding hydrogens is 256 g/mol. The van der Waals surface area contributed by atoms with Crippen molar-refractivity contribution in [3.8, 4) is 0 Å². The van der Waals surface area contributed by atoms with Gasteiger partial charge < -0.3 is 4.57 Å². The Kier molecular flexibility index (Phi) is 6.27. The molecule has 108 valence electrons. The van der Waals surface area contributed by atoms with Gasteiger partial charge in [0.15, 0.2) is 0 Å². The molecule has 0 aliphatic rings. The highest BCUT2D eigenvalue weighted by Crippen LogP contribution is 2.07. The Hall–Kier alpha value is -2.35.